The summed E-state index contributed by atoms with van der Waals surface area (Å²) in [5.41, 5.74) is 13.9. The van der Waals surface area contributed by atoms with E-state index < -0.39 is 37.6 Å². The standard InChI is InChI=1S/C24H29Si.C20H23Si.C2H7Si.2ClH.Zr/c1-25(2,3)22-14-12-19(13-15-22)23-11-7-10-20-16-21(17-24(20)23)18-8-5-4-6-9-18;1-5-15-13-17-7-6-8-19(20(17)14-15)16-9-11-18(12-10-16)21(2,3)4;1-3-2;;;/h7,10-18H,4-6,8-9H2,1-3H3;6-14H,5H2,1-4H3;3H,1-2H3;2*1H;/q;;;;;+2/p-2. The van der Waals surface area contributed by atoms with Crippen molar-refractivity contribution in [3.63, 3.8) is 0 Å². The number of rotatable bonds is 9. The molecule has 0 spiro atoms. The minimum absolute atomic E-state index is 0.125. The SMILES string of the molecule is CCC1=Cc2c(-c3ccc([Si](C)(C)C)cc3)cccc2[CH]1[Zr]([Cl])([Cl])([CH]1C(C2CCCCC2)=Cc2c(-c3ccc([Si](C)(C)C)cc3)cccc21)[SiH](C)C. The van der Waals surface area contributed by atoms with Gasteiger partial charge in [0.2, 0.25) is 0 Å². The molecule has 3 aliphatic rings. The van der Waals surface area contributed by atoms with Gasteiger partial charge in [0.15, 0.2) is 0 Å². The van der Waals surface area contributed by atoms with E-state index in [1.165, 1.54) is 92.6 Å². The number of fused-ring (bicyclic) bond motifs is 2. The summed E-state index contributed by atoms with van der Waals surface area (Å²) in [6, 6.07) is 33.1. The number of hydrogen-bond acceptors (Lipinski definition) is 0. The van der Waals surface area contributed by atoms with Crippen molar-refractivity contribution in [2.45, 2.75) is 105 Å². The van der Waals surface area contributed by atoms with Gasteiger partial charge in [-0.3, -0.25) is 0 Å². The molecule has 0 heterocycles. The van der Waals surface area contributed by atoms with Crippen LogP contribution in [0.3, 0.4) is 0 Å². The quantitative estimate of drug-likeness (QED) is 0.147. The number of allylic oxidation sites excluding steroid dienone is 2. The van der Waals surface area contributed by atoms with Gasteiger partial charge >= 0.3 is 329 Å². The first-order valence-corrected chi connectivity index (χ1v) is 43.3. The van der Waals surface area contributed by atoms with Crippen LogP contribution in [0.2, 0.25) is 52.4 Å². The molecule has 0 aliphatic heterocycles. The van der Waals surface area contributed by atoms with Gasteiger partial charge in [-0.05, 0) is 0 Å². The summed E-state index contributed by atoms with van der Waals surface area (Å²) in [7, 11) is 15.0. The minimum atomic E-state index is -4.89. The first-order valence-electron chi connectivity index (χ1n) is 20.0. The normalized spacial score (nSPS) is 20.3. The molecule has 2 unspecified atom stereocenters. The molecule has 6 heteroatoms. The van der Waals surface area contributed by atoms with Crippen LogP contribution in [-0.4, -0.2) is 22.1 Å². The molecule has 4 aromatic rings. The third-order valence-corrected chi connectivity index (χ3v) is 68.9. The number of hydrogen-bond donors (Lipinski definition) is 0. The van der Waals surface area contributed by atoms with Gasteiger partial charge in [-0.2, -0.15) is 0 Å². The Morgan fingerprint density at radius 1 is 0.615 bits per heavy atom. The van der Waals surface area contributed by atoms with Crippen LogP contribution in [0.4, 0.5) is 0 Å². The molecule has 273 valence electrons. The van der Waals surface area contributed by atoms with Crippen LogP contribution in [0.15, 0.2) is 96.1 Å². The van der Waals surface area contributed by atoms with E-state index in [0.717, 1.165) is 6.42 Å². The Morgan fingerprint density at radius 2 is 1.08 bits per heavy atom. The fraction of sp³-hybridized carbons (Fsp3) is 0.391. The molecule has 3 aliphatic carbocycles. The monoisotopic (exact) mass is 855 g/mol. The van der Waals surface area contributed by atoms with Gasteiger partial charge in [-0.15, -0.1) is 0 Å². The molecule has 1 fully saturated rings. The summed E-state index contributed by atoms with van der Waals surface area (Å²) in [6.07, 6.45) is 12.6. The Labute approximate surface area is 326 Å². The van der Waals surface area contributed by atoms with E-state index in [2.05, 4.69) is 156 Å². The first-order chi connectivity index (χ1) is 24.5. The topological polar surface area (TPSA) is 0 Å². The van der Waals surface area contributed by atoms with Gasteiger partial charge in [0.25, 0.3) is 0 Å². The van der Waals surface area contributed by atoms with Crippen molar-refractivity contribution < 1.29 is 15.6 Å². The van der Waals surface area contributed by atoms with Crippen molar-refractivity contribution >= 4 is 61.6 Å². The summed E-state index contributed by atoms with van der Waals surface area (Å²) < 4.78 is 0.265. The van der Waals surface area contributed by atoms with E-state index in [1.54, 1.807) is 5.57 Å². The Morgan fingerprint density at radius 3 is 1.52 bits per heavy atom. The van der Waals surface area contributed by atoms with Crippen molar-refractivity contribution in [1.82, 2.24) is 0 Å². The second-order valence-electron chi connectivity index (χ2n) is 18.6. The van der Waals surface area contributed by atoms with Crippen molar-refractivity contribution in [3.8, 4) is 22.3 Å². The third kappa shape index (κ3) is 6.62. The summed E-state index contributed by atoms with van der Waals surface area (Å²) in [6.45, 7) is 21.9. The zero-order valence-corrected chi connectivity index (χ0v) is 40.2. The second-order valence-corrected chi connectivity index (χ2v) is 71.2. The molecule has 0 nitrogen and oxygen atoms in total. The molecule has 0 radical (unpaired) electrons. The number of benzene rings is 4. The molecular formula is C46H59Cl2Si3Zr. The van der Waals surface area contributed by atoms with Crippen LogP contribution in [-0.2, 0) is 15.6 Å². The van der Waals surface area contributed by atoms with Gasteiger partial charge in [-0.1, -0.05) is 0 Å². The first kappa shape index (κ1) is 38.7. The van der Waals surface area contributed by atoms with Gasteiger partial charge in [0.05, 0.1) is 0 Å². The Balaban J connectivity index is 1.41. The maximum atomic E-state index is 8.89. The van der Waals surface area contributed by atoms with Crippen molar-refractivity contribution in [2.24, 2.45) is 5.92 Å². The van der Waals surface area contributed by atoms with Crippen LogP contribution < -0.4 is 10.4 Å². The van der Waals surface area contributed by atoms with E-state index in [0.29, 0.717) is 5.92 Å². The molecule has 2 atom stereocenters. The van der Waals surface area contributed by atoms with Gasteiger partial charge in [0.1, 0.15) is 0 Å². The summed E-state index contributed by atoms with van der Waals surface area (Å²) >= 11 is -4.89. The molecule has 0 aromatic heterocycles. The van der Waals surface area contributed by atoms with Crippen LogP contribution in [0.1, 0.15) is 75.0 Å². The maximum absolute atomic E-state index is 8.89. The van der Waals surface area contributed by atoms with Crippen molar-refractivity contribution in [2.75, 3.05) is 0 Å². The fourth-order valence-electron chi connectivity index (χ4n) is 9.89. The van der Waals surface area contributed by atoms with Crippen LogP contribution in [0.5, 0.6) is 0 Å². The molecule has 0 amide bonds. The Hall–Kier alpha value is -1.53. The fourth-order valence-corrected chi connectivity index (χ4v) is 43.6. The molecule has 0 saturated heterocycles. The average molecular weight is 858 g/mol. The molecular weight excluding hydrogens is 799 g/mol. The molecule has 0 bridgehead atoms. The Bertz CT molecular complexity index is 2040. The molecule has 52 heavy (non-hydrogen) atoms. The summed E-state index contributed by atoms with van der Waals surface area (Å²) in [5, 5.41) is 3.01. The van der Waals surface area contributed by atoms with Crippen molar-refractivity contribution in [1.29, 1.82) is 0 Å². The average Bonchev–Trinajstić information content (AvgIpc) is 3.72. The summed E-state index contributed by atoms with van der Waals surface area (Å²) in [4.78, 5) is 0. The van der Waals surface area contributed by atoms with E-state index in [9.17, 15) is 0 Å². The van der Waals surface area contributed by atoms with E-state index in [-0.39, 0.29) is 7.25 Å². The molecule has 0 N–H and O–H groups in total. The van der Waals surface area contributed by atoms with Gasteiger partial charge in [0, 0.05) is 0 Å². The predicted molar refractivity (Wildman–Crippen MR) is 239 cm³/mol. The van der Waals surface area contributed by atoms with E-state index >= 15 is 0 Å². The van der Waals surface area contributed by atoms with Crippen LogP contribution in [0.25, 0.3) is 34.4 Å². The summed E-state index contributed by atoms with van der Waals surface area (Å²) in [5.74, 6) is -1.09. The molecule has 7 rings (SSSR count). The zero-order valence-electron chi connectivity index (χ0n) is 33.0. The van der Waals surface area contributed by atoms with E-state index in [1.807, 2.05) is 0 Å². The van der Waals surface area contributed by atoms with Crippen LogP contribution in [0, 0.1) is 5.92 Å². The van der Waals surface area contributed by atoms with Crippen molar-refractivity contribution in [3.05, 3.63) is 118 Å². The zero-order chi connectivity index (χ0) is 37.2. The van der Waals surface area contributed by atoms with Crippen LogP contribution >= 0.6 is 17.0 Å². The van der Waals surface area contributed by atoms with E-state index in [4.69, 9.17) is 17.0 Å². The number of halogens is 2. The second kappa shape index (κ2) is 14.2. The van der Waals surface area contributed by atoms with Gasteiger partial charge < -0.3 is 0 Å². The molecule has 1 saturated carbocycles. The predicted octanol–water partition coefficient (Wildman–Crippen LogP) is 13.7. The third-order valence-electron chi connectivity index (χ3n) is 13.1. The van der Waals surface area contributed by atoms with Gasteiger partial charge in [-0.25, -0.2) is 0 Å². The Kier molecular flexibility index (Phi) is 10.6. The molecule has 4 aromatic carbocycles.